The van der Waals surface area contributed by atoms with Crippen LogP contribution in [0.2, 0.25) is 5.02 Å². The Balaban J connectivity index is 1.89. The Morgan fingerprint density at radius 2 is 2.04 bits per heavy atom. The number of halogens is 2. The molecule has 2 aromatic rings. The first-order valence-corrected chi connectivity index (χ1v) is 11.2. The third-order valence-corrected chi connectivity index (χ3v) is 6.89. The molecule has 0 fully saturated rings. The highest BCUT2D eigenvalue weighted by atomic mass is 79.9. The lowest BCUT2D eigenvalue weighted by atomic mass is 10.1. The molecule has 0 saturated heterocycles. The standard InChI is InChI=1S/C19H20BrClN2O3S/c1-12-9-15-10-16(20)11-18(19(15)23(12)13(2)24)27(25,26)22-8-7-14-5-3-4-6-17(14)21/h3-6,10-12,22H,7-9H2,1-2H3. The molecule has 144 valence electrons. The maximum atomic E-state index is 13.0. The molecule has 1 amide bonds. The van der Waals surface area contributed by atoms with Crippen molar-refractivity contribution in [3.8, 4) is 0 Å². The minimum Gasteiger partial charge on any atom is -0.308 e. The van der Waals surface area contributed by atoms with Gasteiger partial charge in [0, 0.05) is 29.0 Å². The Bertz CT molecular complexity index is 994. The first kappa shape index (κ1) is 20.3. The van der Waals surface area contributed by atoms with Gasteiger partial charge in [0.05, 0.1) is 5.69 Å². The molecule has 0 spiro atoms. The van der Waals surface area contributed by atoms with Gasteiger partial charge in [-0.05, 0) is 49.1 Å². The summed E-state index contributed by atoms with van der Waals surface area (Å²) >= 11 is 9.52. The average molecular weight is 472 g/mol. The molecule has 0 aliphatic carbocycles. The highest BCUT2D eigenvalue weighted by molar-refractivity contribution is 9.10. The van der Waals surface area contributed by atoms with Crippen LogP contribution in [0.5, 0.6) is 0 Å². The molecule has 8 heteroatoms. The second-order valence-corrected chi connectivity index (χ2v) is 9.65. The second-order valence-electron chi connectivity index (χ2n) is 6.59. The topological polar surface area (TPSA) is 66.5 Å². The summed E-state index contributed by atoms with van der Waals surface area (Å²) < 4.78 is 29.3. The van der Waals surface area contributed by atoms with Gasteiger partial charge in [0.15, 0.2) is 0 Å². The zero-order valence-corrected chi connectivity index (χ0v) is 18.2. The Morgan fingerprint density at radius 3 is 2.70 bits per heavy atom. The number of hydrogen-bond acceptors (Lipinski definition) is 3. The zero-order valence-electron chi connectivity index (χ0n) is 15.0. The second kappa shape index (κ2) is 7.91. The van der Waals surface area contributed by atoms with E-state index in [1.807, 2.05) is 31.2 Å². The van der Waals surface area contributed by atoms with E-state index in [0.29, 0.717) is 28.0 Å². The van der Waals surface area contributed by atoms with E-state index in [-0.39, 0.29) is 23.4 Å². The Morgan fingerprint density at radius 1 is 1.33 bits per heavy atom. The fourth-order valence-corrected chi connectivity index (χ4v) is 5.64. The minimum atomic E-state index is -3.80. The number of hydrogen-bond donors (Lipinski definition) is 1. The van der Waals surface area contributed by atoms with Gasteiger partial charge in [-0.25, -0.2) is 13.1 Å². The van der Waals surface area contributed by atoms with Gasteiger partial charge in [0.1, 0.15) is 4.90 Å². The van der Waals surface area contributed by atoms with Crippen LogP contribution in [0.25, 0.3) is 0 Å². The van der Waals surface area contributed by atoms with Gasteiger partial charge in [0.25, 0.3) is 0 Å². The molecule has 3 rings (SSSR count). The summed E-state index contributed by atoms with van der Waals surface area (Å²) in [6.45, 7) is 3.58. The largest absolute Gasteiger partial charge is 0.308 e. The third-order valence-electron chi connectivity index (χ3n) is 4.59. The minimum absolute atomic E-state index is 0.0797. The molecule has 5 nitrogen and oxygen atoms in total. The van der Waals surface area contributed by atoms with E-state index in [1.54, 1.807) is 17.0 Å². The van der Waals surface area contributed by atoms with Crippen LogP contribution in [0.3, 0.4) is 0 Å². The van der Waals surface area contributed by atoms with Crippen molar-refractivity contribution < 1.29 is 13.2 Å². The number of anilines is 1. The van der Waals surface area contributed by atoms with Crippen LogP contribution in [0.4, 0.5) is 5.69 Å². The van der Waals surface area contributed by atoms with Crippen LogP contribution in [-0.4, -0.2) is 26.9 Å². The average Bonchev–Trinajstić information content (AvgIpc) is 2.91. The molecule has 1 unspecified atom stereocenters. The monoisotopic (exact) mass is 470 g/mol. The third kappa shape index (κ3) is 4.21. The van der Waals surface area contributed by atoms with Crippen LogP contribution in [0.1, 0.15) is 25.0 Å². The van der Waals surface area contributed by atoms with Crippen LogP contribution in [-0.2, 0) is 27.7 Å². The number of carbonyl (C=O) groups is 1. The van der Waals surface area contributed by atoms with Crippen LogP contribution in [0, 0.1) is 0 Å². The quantitative estimate of drug-likeness (QED) is 0.719. The Hall–Kier alpha value is -1.41. The highest BCUT2D eigenvalue weighted by Crippen LogP contribution is 2.40. The van der Waals surface area contributed by atoms with Gasteiger partial charge in [-0.2, -0.15) is 0 Å². The van der Waals surface area contributed by atoms with E-state index in [9.17, 15) is 13.2 Å². The van der Waals surface area contributed by atoms with Crippen molar-refractivity contribution >= 4 is 49.1 Å². The van der Waals surface area contributed by atoms with Crippen molar-refractivity contribution in [2.45, 2.75) is 37.6 Å². The Kier molecular flexibility index (Phi) is 5.96. The van der Waals surface area contributed by atoms with E-state index in [0.717, 1.165) is 11.1 Å². The van der Waals surface area contributed by atoms with Crippen molar-refractivity contribution in [2.75, 3.05) is 11.4 Å². The number of nitrogens with zero attached hydrogens (tertiary/aromatic N) is 1. The lowest BCUT2D eigenvalue weighted by Gasteiger charge is -2.23. The molecule has 0 saturated carbocycles. The van der Waals surface area contributed by atoms with Gasteiger partial charge >= 0.3 is 0 Å². The van der Waals surface area contributed by atoms with Crippen molar-refractivity contribution in [2.24, 2.45) is 0 Å². The van der Waals surface area contributed by atoms with E-state index in [4.69, 9.17) is 11.6 Å². The SMILES string of the molecule is CC(=O)N1c2c(cc(Br)cc2S(=O)(=O)NCCc2ccccc2Cl)CC1C. The maximum Gasteiger partial charge on any atom is 0.242 e. The zero-order chi connectivity index (χ0) is 19.8. The molecule has 1 heterocycles. The summed E-state index contributed by atoms with van der Waals surface area (Å²) in [5, 5.41) is 0.608. The molecule has 0 bridgehead atoms. The molecule has 0 aromatic heterocycles. The number of amides is 1. The normalized spacial score (nSPS) is 16.4. The smallest absolute Gasteiger partial charge is 0.242 e. The van der Waals surface area contributed by atoms with E-state index < -0.39 is 10.0 Å². The van der Waals surface area contributed by atoms with Crippen molar-refractivity contribution in [3.63, 3.8) is 0 Å². The van der Waals surface area contributed by atoms with Crippen LogP contribution in [0.15, 0.2) is 45.8 Å². The summed E-state index contributed by atoms with van der Waals surface area (Å²) in [4.78, 5) is 13.8. The molecule has 27 heavy (non-hydrogen) atoms. The van der Waals surface area contributed by atoms with Gasteiger partial charge in [-0.15, -0.1) is 0 Å². The van der Waals surface area contributed by atoms with Crippen molar-refractivity contribution in [3.05, 3.63) is 57.0 Å². The highest BCUT2D eigenvalue weighted by Gasteiger charge is 2.35. The number of fused-ring (bicyclic) bond motifs is 1. The molecule has 1 aliphatic heterocycles. The van der Waals surface area contributed by atoms with E-state index >= 15 is 0 Å². The molecule has 0 radical (unpaired) electrons. The van der Waals surface area contributed by atoms with E-state index in [1.165, 1.54) is 6.92 Å². The molecule has 1 aliphatic rings. The number of nitrogens with one attached hydrogen (secondary N) is 1. The van der Waals surface area contributed by atoms with Gasteiger partial charge in [0.2, 0.25) is 15.9 Å². The molecular formula is C19H20BrClN2O3S. The number of carbonyl (C=O) groups excluding carboxylic acids is 1. The van der Waals surface area contributed by atoms with Crippen molar-refractivity contribution in [1.82, 2.24) is 4.72 Å². The summed E-state index contributed by atoms with van der Waals surface area (Å²) in [5.74, 6) is -0.170. The molecular weight excluding hydrogens is 452 g/mol. The fourth-order valence-electron chi connectivity index (χ4n) is 3.46. The maximum absolute atomic E-state index is 13.0. The predicted molar refractivity (Wildman–Crippen MR) is 111 cm³/mol. The lowest BCUT2D eigenvalue weighted by molar-refractivity contribution is -0.116. The molecule has 1 atom stereocenters. The van der Waals surface area contributed by atoms with Gasteiger partial charge < -0.3 is 4.90 Å². The summed E-state index contributed by atoms with van der Waals surface area (Å²) in [7, 11) is -3.80. The Labute approximate surface area is 172 Å². The van der Waals surface area contributed by atoms with Gasteiger partial charge in [-0.3, -0.25) is 4.79 Å². The van der Waals surface area contributed by atoms with Crippen LogP contribution < -0.4 is 9.62 Å². The lowest BCUT2D eigenvalue weighted by Crippen LogP contribution is -2.35. The number of sulfonamides is 1. The number of benzene rings is 2. The van der Waals surface area contributed by atoms with Crippen molar-refractivity contribution in [1.29, 1.82) is 0 Å². The summed E-state index contributed by atoms with van der Waals surface area (Å²) in [5.41, 5.74) is 2.20. The predicted octanol–water partition coefficient (Wildman–Crippen LogP) is 3.92. The van der Waals surface area contributed by atoms with Crippen LogP contribution >= 0.6 is 27.5 Å². The summed E-state index contributed by atoms with van der Waals surface area (Å²) in [6, 6.07) is 10.7. The van der Waals surface area contributed by atoms with E-state index in [2.05, 4.69) is 20.7 Å². The molecule has 2 aromatic carbocycles. The first-order chi connectivity index (χ1) is 12.7. The fraction of sp³-hybridized carbons (Fsp3) is 0.316. The summed E-state index contributed by atoms with van der Waals surface area (Å²) in [6.07, 6.45) is 1.10. The first-order valence-electron chi connectivity index (χ1n) is 8.56. The molecule has 1 N–H and O–H groups in total. The van der Waals surface area contributed by atoms with Gasteiger partial charge in [-0.1, -0.05) is 45.7 Å². The number of rotatable bonds is 5.